The molecule has 0 aliphatic carbocycles. The van der Waals surface area contributed by atoms with E-state index in [4.69, 9.17) is 0 Å². The van der Waals surface area contributed by atoms with E-state index >= 15 is 0 Å². The summed E-state index contributed by atoms with van der Waals surface area (Å²) in [5.41, 5.74) is 3.75. The first-order chi connectivity index (χ1) is 10.3. The Bertz CT molecular complexity index is 562. The molecule has 0 amide bonds. The lowest BCUT2D eigenvalue weighted by Gasteiger charge is -2.34. The summed E-state index contributed by atoms with van der Waals surface area (Å²) in [5, 5.41) is 3.43. The summed E-state index contributed by atoms with van der Waals surface area (Å²) in [6.07, 6.45) is 3.62. The molecule has 2 heterocycles. The molecule has 0 saturated carbocycles. The lowest BCUT2D eigenvalue weighted by atomic mass is 10.1. The number of aromatic nitrogens is 1. The van der Waals surface area contributed by atoms with Crippen molar-refractivity contribution in [2.45, 2.75) is 6.54 Å². The molecule has 3 rings (SSSR count). The van der Waals surface area contributed by atoms with E-state index in [1.165, 1.54) is 11.3 Å². The number of anilines is 2. The predicted molar refractivity (Wildman–Crippen MR) is 87.7 cm³/mol. The Balaban J connectivity index is 1.63. The van der Waals surface area contributed by atoms with E-state index in [-0.39, 0.29) is 0 Å². The first-order valence-electron chi connectivity index (χ1n) is 7.47. The highest BCUT2D eigenvalue weighted by molar-refractivity contribution is 5.50. The van der Waals surface area contributed by atoms with Crippen molar-refractivity contribution < 1.29 is 0 Å². The van der Waals surface area contributed by atoms with Crippen LogP contribution in [0.1, 0.15) is 5.56 Å². The van der Waals surface area contributed by atoms with Gasteiger partial charge in [-0.05, 0) is 36.9 Å². The van der Waals surface area contributed by atoms with Gasteiger partial charge in [0.05, 0.1) is 0 Å². The van der Waals surface area contributed by atoms with Gasteiger partial charge in [-0.1, -0.05) is 12.1 Å². The number of rotatable bonds is 4. The Kier molecular flexibility index (Phi) is 4.36. The fourth-order valence-corrected chi connectivity index (χ4v) is 2.60. The first-order valence-corrected chi connectivity index (χ1v) is 7.47. The van der Waals surface area contributed by atoms with Crippen LogP contribution in [0.25, 0.3) is 0 Å². The van der Waals surface area contributed by atoms with E-state index in [9.17, 15) is 0 Å². The van der Waals surface area contributed by atoms with Crippen LogP contribution in [0.3, 0.4) is 0 Å². The summed E-state index contributed by atoms with van der Waals surface area (Å²) in [5.74, 6) is 0. The monoisotopic (exact) mass is 282 g/mol. The Morgan fingerprint density at radius 3 is 2.57 bits per heavy atom. The van der Waals surface area contributed by atoms with E-state index in [1.807, 2.05) is 24.5 Å². The summed E-state index contributed by atoms with van der Waals surface area (Å²) >= 11 is 0. The van der Waals surface area contributed by atoms with E-state index in [0.717, 1.165) is 38.4 Å². The zero-order chi connectivity index (χ0) is 14.5. The smallest absolute Gasteiger partial charge is 0.0401 e. The van der Waals surface area contributed by atoms with E-state index in [1.54, 1.807) is 0 Å². The number of likely N-dealkylation sites (N-methyl/N-ethyl adjacent to an activating group) is 1. The van der Waals surface area contributed by atoms with Gasteiger partial charge in [0.15, 0.2) is 0 Å². The van der Waals surface area contributed by atoms with Crippen molar-refractivity contribution in [2.24, 2.45) is 0 Å². The fraction of sp³-hybridized carbons (Fsp3) is 0.353. The molecule has 2 aromatic rings. The molecule has 1 saturated heterocycles. The number of nitrogens with one attached hydrogen (secondary N) is 1. The van der Waals surface area contributed by atoms with Crippen LogP contribution in [-0.2, 0) is 6.54 Å². The number of hydrogen-bond acceptors (Lipinski definition) is 4. The van der Waals surface area contributed by atoms with Crippen molar-refractivity contribution >= 4 is 11.4 Å². The van der Waals surface area contributed by atoms with Gasteiger partial charge in [-0.3, -0.25) is 4.98 Å². The minimum atomic E-state index is 0.839. The SMILES string of the molecule is CN1CCN(c2cccc(CNc3ccncc3)c2)CC1. The van der Waals surface area contributed by atoms with Gasteiger partial charge < -0.3 is 15.1 Å². The third kappa shape index (κ3) is 3.73. The van der Waals surface area contributed by atoms with Crippen molar-refractivity contribution in [3.63, 3.8) is 0 Å². The summed E-state index contributed by atoms with van der Waals surface area (Å²) in [6.45, 7) is 5.33. The van der Waals surface area contributed by atoms with Crippen LogP contribution in [0, 0.1) is 0 Å². The number of piperazine rings is 1. The zero-order valence-corrected chi connectivity index (χ0v) is 12.5. The molecule has 1 aliphatic heterocycles. The standard InChI is InChI=1S/C17H22N4/c1-20-9-11-21(12-10-20)17-4-2-3-15(13-17)14-19-16-5-7-18-8-6-16/h2-8,13H,9-12,14H2,1H3,(H,18,19). The van der Waals surface area contributed by atoms with E-state index in [0.29, 0.717) is 0 Å². The average molecular weight is 282 g/mol. The van der Waals surface area contributed by atoms with Gasteiger partial charge in [0.25, 0.3) is 0 Å². The van der Waals surface area contributed by atoms with Crippen molar-refractivity contribution in [1.82, 2.24) is 9.88 Å². The zero-order valence-electron chi connectivity index (χ0n) is 12.5. The molecule has 0 atom stereocenters. The predicted octanol–water partition coefficient (Wildman–Crippen LogP) is 2.45. The highest BCUT2D eigenvalue weighted by Crippen LogP contribution is 2.18. The molecule has 1 fully saturated rings. The highest BCUT2D eigenvalue weighted by atomic mass is 15.2. The maximum atomic E-state index is 4.03. The number of nitrogens with zero attached hydrogens (tertiary/aromatic N) is 3. The second-order valence-corrected chi connectivity index (χ2v) is 5.55. The minimum absolute atomic E-state index is 0.839. The lowest BCUT2D eigenvalue weighted by molar-refractivity contribution is 0.313. The highest BCUT2D eigenvalue weighted by Gasteiger charge is 2.14. The fourth-order valence-electron chi connectivity index (χ4n) is 2.60. The molecule has 110 valence electrons. The summed E-state index contributed by atoms with van der Waals surface area (Å²) in [4.78, 5) is 8.88. The second kappa shape index (κ2) is 6.59. The van der Waals surface area contributed by atoms with E-state index in [2.05, 4.69) is 51.4 Å². The topological polar surface area (TPSA) is 31.4 Å². The van der Waals surface area contributed by atoms with Gasteiger partial charge in [0, 0.05) is 56.5 Å². The van der Waals surface area contributed by atoms with Crippen molar-refractivity contribution in [3.05, 3.63) is 54.4 Å². The van der Waals surface area contributed by atoms with Crippen LogP contribution >= 0.6 is 0 Å². The van der Waals surface area contributed by atoms with E-state index < -0.39 is 0 Å². The maximum absolute atomic E-state index is 4.03. The average Bonchev–Trinajstić information content (AvgIpc) is 2.55. The quantitative estimate of drug-likeness (QED) is 0.933. The Hall–Kier alpha value is -2.07. The van der Waals surface area contributed by atoms with Crippen LogP contribution in [0.2, 0.25) is 0 Å². The van der Waals surface area contributed by atoms with Gasteiger partial charge in [0.1, 0.15) is 0 Å². The van der Waals surface area contributed by atoms with Gasteiger partial charge >= 0.3 is 0 Å². The molecule has 0 radical (unpaired) electrons. The van der Waals surface area contributed by atoms with Crippen molar-refractivity contribution in [2.75, 3.05) is 43.4 Å². The largest absolute Gasteiger partial charge is 0.381 e. The number of benzene rings is 1. The van der Waals surface area contributed by atoms with Gasteiger partial charge in [-0.25, -0.2) is 0 Å². The van der Waals surface area contributed by atoms with Crippen LogP contribution in [0.5, 0.6) is 0 Å². The number of hydrogen-bond donors (Lipinski definition) is 1. The van der Waals surface area contributed by atoms with Crippen LogP contribution < -0.4 is 10.2 Å². The van der Waals surface area contributed by atoms with Crippen LogP contribution in [0.15, 0.2) is 48.8 Å². The normalized spacial score (nSPS) is 16.0. The van der Waals surface area contributed by atoms with Crippen LogP contribution in [0.4, 0.5) is 11.4 Å². The van der Waals surface area contributed by atoms with Gasteiger partial charge in [0.2, 0.25) is 0 Å². The molecule has 1 aromatic heterocycles. The molecule has 0 bridgehead atoms. The summed E-state index contributed by atoms with van der Waals surface area (Å²) in [6, 6.07) is 12.8. The Morgan fingerprint density at radius 2 is 1.81 bits per heavy atom. The Labute approximate surface area is 126 Å². The molecule has 1 N–H and O–H groups in total. The third-order valence-electron chi connectivity index (χ3n) is 3.96. The molecule has 0 unspecified atom stereocenters. The second-order valence-electron chi connectivity index (χ2n) is 5.55. The lowest BCUT2D eigenvalue weighted by Crippen LogP contribution is -2.44. The molecule has 4 heteroatoms. The molecule has 1 aromatic carbocycles. The maximum Gasteiger partial charge on any atom is 0.0401 e. The molecular formula is C17H22N4. The third-order valence-corrected chi connectivity index (χ3v) is 3.96. The van der Waals surface area contributed by atoms with Gasteiger partial charge in [-0.2, -0.15) is 0 Å². The van der Waals surface area contributed by atoms with Gasteiger partial charge in [-0.15, -0.1) is 0 Å². The first kappa shape index (κ1) is 13.9. The molecular weight excluding hydrogens is 260 g/mol. The summed E-state index contributed by atoms with van der Waals surface area (Å²) < 4.78 is 0. The Morgan fingerprint density at radius 1 is 1.05 bits per heavy atom. The van der Waals surface area contributed by atoms with Crippen molar-refractivity contribution in [3.8, 4) is 0 Å². The number of pyridine rings is 1. The molecule has 4 nitrogen and oxygen atoms in total. The molecule has 1 aliphatic rings. The molecule has 21 heavy (non-hydrogen) atoms. The van der Waals surface area contributed by atoms with Crippen LogP contribution in [-0.4, -0.2) is 43.1 Å². The minimum Gasteiger partial charge on any atom is -0.381 e. The summed E-state index contributed by atoms with van der Waals surface area (Å²) in [7, 11) is 2.19. The van der Waals surface area contributed by atoms with Crippen molar-refractivity contribution in [1.29, 1.82) is 0 Å². The molecule has 0 spiro atoms.